The number of anilines is 1. The van der Waals surface area contributed by atoms with Gasteiger partial charge in [0.1, 0.15) is 47.3 Å². The number of carbonyl (C=O) groups is 8. The number of aliphatic hydroxyl groups is 3. The topological polar surface area (TPSA) is 378 Å². The first kappa shape index (κ1) is 100. The molecule has 700 valence electrons. The summed E-state index contributed by atoms with van der Waals surface area (Å²) in [6.45, 7) is 28.8. The largest absolute Gasteiger partial charge is 0.395 e. The fourth-order valence-corrected chi connectivity index (χ4v) is 16.0. The maximum absolute atomic E-state index is 14.7. The smallest absolute Gasteiger partial charge is 0.343 e. The summed E-state index contributed by atoms with van der Waals surface area (Å²) >= 11 is 12.0. The van der Waals surface area contributed by atoms with Gasteiger partial charge >= 0.3 is 24.1 Å². The molecule has 39 heteroatoms. The number of nitrogens with one attached hydrogen (secondary N) is 7. The molecule has 129 heavy (non-hydrogen) atoms. The molecule has 32 nitrogen and oxygen atoms in total. The van der Waals surface area contributed by atoms with Crippen molar-refractivity contribution in [3.8, 4) is 45.0 Å². The minimum Gasteiger partial charge on any atom is -0.395 e. The standard InChI is InChI=1S/C24H33N5O3.2C22H29ClFN5O3.C22H28F3N5O3/c1-24(2,3)21(22(30)28-13-11-27(4)12-14-28)25-23(31)29-19-10-15-32-16-18(19)20(26-29)17-8-6-5-7-9-17;1-22(2,3)19(20(31)25-8-10-30)26-21(32)29-17-12-28(4)9-7-14(17)18(27-29)15-11-13(23)5-6-16(15)24;1-22(2,3)19(20(31)25-8-10-30)26-21(32)29-17-12-28(4)9-7-15(17)18(27-29)14-6-5-13(23)11-16(14)24;1-22(2,3)19(20(32)26-7-9-31)27-21(33)30-16-6-5-8-29(4)18(16)17(28-30)12-10-14(24)15(25)11-13(12)23/h5-9,21H,10-16H2,1-4H3,(H,25,31);2*5-6,11,19,30H,7-10,12H2,1-4H3,(H,25,31)(H,26,32);10-11,19,31H,5-9H2,1-4H3,(H,26,32)(H,27,33)/t21-;3*19-/m1111/s1. The van der Waals surface area contributed by atoms with Gasteiger partial charge in [-0.25, -0.2) is 41.1 Å². The van der Waals surface area contributed by atoms with Crippen molar-refractivity contribution in [2.24, 2.45) is 21.7 Å². The number of ether oxygens (including phenoxy) is 1. The summed E-state index contributed by atoms with van der Waals surface area (Å²) in [7, 11) is 7.66. The first-order valence-corrected chi connectivity index (χ1v) is 43.6. The van der Waals surface area contributed by atoms with Gasteiger partial charge in [-0.05, 0) is 111 Å². The second-order valence-corrected chi connectivity index (χ2v) is 37.8. The monoisotopic (exact) mass is 1840 g/mol. The van der Waals surface area contributed by atoms with E-state index in [0.29, 0.717) is 123 Å². The molecule has 9 heterocycles. The summed E-state index contributed by atoms with van der Waals surface area (Å²) in [4.78, 5) is 114. The van der Waals surface area contributed by atoms with Gasteiger partial charge in [-0.1, -0.05) is 137 Å². The lowest BCUT2D eigenvalue weighted by molar-refractivity contribution is -0.137. The molecule has 8 amide bonds. The Kier molecular flexibility index (Phi) is 33.3. The second kappa shape index (κ2) is 42.9. The van der Waals surface area contributed by atoms with E-state index >= 15 is 0 Å². The first-order chi connectivity index (χ1) is 60.7. The number of amides is 8. The van der Waals surface area contributed by atoms with E-state index in [1.807, 2.05) is 121 Å². The molecule has 0 radical (unpaired) electrons. The quantitative estimate of drug-likeness (QED) is 0.0282. The van der Waals surface area contributed by atoms with E-state index in [0.717, 1.165) is 70.6 Å². The van der Waals surface area contributed by atoms with E-state index in [-0.39, 0.29) is 78.8 Å². The Balaban J connectivity index is 0.000000179. The average Bonchev–Trinajstić information content (AvgIpc) is 1.61. The number of aromatic nitrogens is 8. The SMILES string of the molecule is CN1CCCc2c1c(-c1cc(F)c(F)cc1F)nn2C(=O)N[C@H](C(=O)NCCO)C(C)(C)C.CN1CCN(C(=O)[C@@H](NC(=O)n2nc(-c3ccccc3)c3c2CCOC3)C(C)(C)C)CC1.CN1CCc2c(-c3cc(Cl)ccc3F)nn(C(=O)N[C@H](C(=O)NCCO)C(C)(C)C)c2C1.CN1CCc2c(-c3ccc(Cl)cc3F)nn(C(=O)N[C@H](C(=O)NCCO)C(C)(C)C)c2C1. The molecule has 4 aromatic heterocycles. The lowest BCUT2D eigenvalue weighted by Crippen LogP contribution is -2.58. The van der Waals surface area contributed by atoms with Crippen molar-refractivity contribution in [2.45, 2.75) is 159 Å². The highest BCUT2D eigenvalue weighted by Crippen LogP contribution is 2.41. The van der Waals surface area contributed by atoms with Gasteiger partial charge in [0.15, 0.2) is 11.6 Å². The predicted octanol–water partition coefficient (Wildman–Crippen LogP) is 9.62. The normalized spacial score (nSPS) is 15.8. The summed E-state index contributed by atoms with van der Waals surface area (Å²) in [5, 5.41) is 64.5. The minimum atomic E-state index is -1.32. The van der Waals surface area contributed by atoms with Gasteiger partial charge in [0.2, 0.25) is 23.6 Å². The first-order valence-electron chi connectivity index (χ1n) is 42.8. The zero-order chi connectivity index (χ0) is 94.6. The van der Waals surface area contributed by atoms with E-state index in [1.54, 1.807) is 44.9 Å². The number of benzene rings is 4. The third kappa shape index (κ3) is 24.5. The van der Waals surface area contributed by atoms with Crippen molar-refractivity contribution in [2.75, 3.05) is 125 Å². The second-order valence-electron chi connectivity index (χ2n) is 36.9. The average molecular weight is 1840 g/mol. The van der Waals surface area contributed by atoms with Crippen LogP contribution in [0.4, 0.5) is 46.8 Å². The van der Waals surface area contributed by atoms with Crippen molar-refractivity contribution in [3.63, 3.8) is 0 Å². The maximum Gasteiger partial charge on any atom is 0.343 e. The van der Waals surface area contributed by atoms with Gasteiger partial charge in [0.05, 0.1) is 78.6 Å². The molecular formula is C90H119Cl2F5N20O12. The molecule has 0 bridgehead atoms. The van der Waals surface area contributed by atoms with Crippen LogP contribution in [0.1, 0.15) is 129 Å². The van der Waals surface area contributed by atoms with Crippen LogP contribution in [0.2, 0.25) is 10.0 Å². The molecular weight excluding hydrogens is 1720 g/mol. The number of fused-ring (bicyclic) bond motifs is 4. The summed E-state index contributed by atoms with van der Waals surface area (Å²) in [5.74, 6) is -5.86. The number of hydrogen-bond acceptors (Lipinski definition) is 20. The van der Waals surface area contributed by atoms with Crippen molar-refractivity contribution < 1.29 is 80.4 Å². The van der Waals surface area contributed by atoms with Crippen molar-refractivity contribution in [1.82, 2.24) is 95.9 Å². The van der Waals surface area contributed by atoms with Crippen LogP contribution in [0.25, 0.3) is 45.0 Å². The molecule has 10 N–H and O–H groups in total. The zero-order valence-corrected chi connectivity index (χ0v) is 77.4. The molecule has 1 fully saturated rings. The number of aliphatic hydroxyl groups excluding tert-OH is 3. The lowest BCUT2D eigenvalue weighted by atomic mass is 9.85. The number of carbonyl (C=O) groups excluding carboxylic acids is 8. The van der Waals surface area contributed by atoms with Gasteiger partial charge in [-0.15, -0.1) is 0 Å². The molecule has 5 aliphatic rings. The molecule has 4 atom stereocenters. The molecule has 13 rings (SSSR count). The fraction of sp³-hybridized carbons (Fsp3) is 0.511. The van der Waals surface area contributed by atoms with Crippen LogP contribution in [-0.2, 0) is 69.3 Å². The Morgan fingerprint density at radius 2 is 0.837 bits per heavy atom. The van der Waals surface area contributed by atoms with Gasteiger partial charge in [-0.3, -0.25) is 19.2 Å². The number of likely N-dealkylation sites (N-methyl/N-ethyl adjacent to an activating group) is 3. The van der Waals surface area contributed by atoms with Crippen molar-refractivity contribution in [1.29, 1.82) is 0 Å². The highest BCUT2D eigenvalue weighted by molar-refractivity contribution is 6.31. The van der Waals surface area contributed by atoms with Crippen LogP contribution < -0.4 is 42.1 Å². The van der Waals surface area contributed by atoms with E-state index in [1.165, 1.54) is 38.3 Å². The van der Waals surface area contributed by atoms with E-state index in [2.05, 4.69) is 69.6 Å². The number of piperazine rings is 1. The molecule has 0 aliphatic carbocycles. The molecule has 5 aliphatic heterocycles. The number of hydrogen-bond donors (Lipinski definition) is 10. The summed E-state index contributed by atoms with van der Waals surface area (Å²) in [5.41, 5.74) is 6.04. The number of rotatable bonds is 18. The summed E-state index contributed by atoms with van der Waals surface area (Å²) in [6, 6.07) is 14.0. The highest BCUT2D eigenvalue weighted by atomic mass is 35.5. The van der Waals surface area contributed by atoms with Crippen LogP contribution in [0.3, 0.4) is 0 Å². The fourth-order valence-electron chi connectivity index (χ4n) is 15.6. The van der Waals surface area contributed by atoms with Crippen LogP contribution in [0.15, 0.2) is 78.9 Å². The molecule has 0 saturated carbocycles. The predicted molar refractivity (Wildman–Crippen MR) is 479 cm³/mol. The number of nitrogens with zero attached hydrogens (tertiary/aromatic N) is 13. The van der Waals surface area contributed by atoms with Crippen molar-refractivity contribution >= 4 is 76.6 Å². The van der Waals surface area contributed by atoms with E-state index < -0.39 is 111 Å². The van der Waals surface area contributed by atoms with Crippen molar-refractivity contribution in [3.05, 3.63) is 157 Å². The Bertz CT molecular complexity index is 5380. The Labute approximate surface area is 757 Å². The Morgan fingerprint density at radius 3 is 1.32 bits per heavy atom. The van der Waals surface area contributed by atoms with E-state index in [4.69, 9.17) is 43.3 Å². The molecule has 4 aromatic carbocycles. The molecule has 0 spiro atoms. The maximum atomic E-state index is 14.7. The molecule has 1 saturated heterocycles. The Hall–Kier alpha value is -10.8. The third-order valence-electron chi connectivity index (χ3n) is 22.6. The zero-order valence-electron chi connectivity index (χ0n) is 75.8. The molecule has 0 unspecified atom stereocenters. The van der Waals surface area contributed by atoms with Gasteiger partial charge < -0.3 is 81.8 Å². The van der Waals surface area contributed by atoms with E-state index in [9.17, 15) is 60.3 Å². The summed E-state index contributed by atoms with van der Waals surface area (Å²) < 4.78 is 81.8. The Morgan fingerprint density at radius 1 is 0.419 bits per heavy atom. The van der Waals surface area contributed by atoms with Gasteiger partial charge in [0, 0.05) is 147 Å². The number of halogens is 7. The minimum absolute atomic E-state index is 0.00999. The third-order valence-corrected chi connectivity index (χ3v) is 23.1. The molecule has 8 aromatic rings. The van der Waals surface area contributed by atoms with Crippen LogP contribution >= 0.6 is 23.2 Å². The van der Waals surface area contributed by atoms with Crippen LogP contribution in [0, 0.1) is 50.7 Å². The lowest BCUT2D eigenvalue weighted by Gasteiger charge is -2.38. The van der Waals surface area contributed by atoms with Crippen LogP contribution in [0.5, 0.6) is 0 Å². The summed E-state index contributed by atoms with van der Waals surface area (Å²) in [6.07, 6.45) is 2.95. The highest BCUT2D eigenvalue weighted by Gasteiger charge is 2.42. The van der Waals surface area contributed by atoms with Crippen LogP contribution in [-0.4, -0.2) is 266 Å². The van der Waals surface area contributed by atoms with Gasteiger partial charge in [-0.2, -0.15) is 39.1 Å². The van der Waals surface area contributed by atoms with Gasteiger partial charge in [0.25, 0.3) is 0 Å².